The molecule has 3 N–H and O–H groups in total. The van der Waals surface area contributed by atoms with E-state index in [0.717, 1.165) is 0 Å². The van der Waals surface area contributed by atoms with E-state index in [9.17, 15) is 4.79 Å². The minimum atomic E-state index is -0.300. The molecule has 0 aliphatic rings. The number of nitrogens with one attached hydrogen (secondary N) is 1. The molecule has 0 heterocycles. The SMILES string of the molecule is CCOCCOc1ccccc1C(=O)Nc1cc(N)ccc1OC. The fourth-order valence-electron chi connectivity index (χ4n) is 2.15. The van der Waals surface area contributed by atoms with Crippen molar-refractivity contribution in [1.29, 1.82) is 0 Å². The average Bonchev–Trinajstić information content (AvgIpc) is 2.59. The third-order valence-electron chi connectivity index (χ3n) is 3.29. The van der Waals surface area contributed by atoms with Gasteiger partial charge in [-0.3, -0.25) is 4.79 Å². The van der Waals surface area contributed by atoms with Gasteiger partial charge < -0.3 is 25.3 Å². The Hall–Kier alpha value is -2.73. The molecule has 0 bridgehead atoms. The van der Waals surface area contributed by atoms with Crippen LogP contribution in [0.5, 0.6) is 11.5 Å². The lowest BCUT2D eigenvalue weighted by molar-refractivity contribution is 0.0998. The van der Waals surface area contributed by atoms with E-state index in [2.05, 4.69) is 5.32 Å². The summed E-state index contributed by atoms with van der Waals surface area (Å²) in [4.78, 5) is 12.6. The van der Waals surface area contributed by atoms with Gasteiger partial charge in [0.05, 0.1) is 25.0 Å². The summed E-state index contributed by atoms with van der Waals surface area (Å²) in [7, 11) is 1.53. The van der Waals surface area contributed by atoms with E-state index in [1.54, 1.807) is 36.4 Å². The molecule has 0 aliphatic heterocycles. The molecule has 128 valence electrons. The Labute approximate surface area is 141 Å². The summed E-state index contributed by atoms with van der Waals surface area (Å²) in [6, 6.07) is 12.1. The van der Waals surface area contributed by atoms with Crippen LogP contribution in [0, 0.1) is 0 Å². The second-order valence-corrected chi connectivity index (χ2v) is 4.96. The van der Waals surface area contributed by atoms with Gasteiger partial charge in [-0.25, -0.2) is 0 Å². The van der Waals surface area contributed by atoms with Gasteiger partial charge >= 0.3 is 0 Å². The lowest BCUT2D eigenvalue weighted by Gasteiger charge is -2.14. The van der Waals surface area contributed by atoms with Crippen molar-refractivity contribution in [2.45, 2.75) is 6.92 Å². The largest absolute Gasteiger partial charge is 0.495 e. The molecule has 0 atom stereocenters. The molecule has 1 amide bonds. The lowest BCUT2D eigenvalue weighted by atomic mass is 10.1. The van der Waals surface area contributed by atoms with E-state index in [-0.39, 0.29) is 5.91 Å². The monoisotopic (exact) mass is 330 g/mol. The number of amides is 1. The lowest BCUT2D eigenvalue weighted by Crippen LogP contribution is -2.15. The number of hydrogen-bond acceptors (Lipinski definition) is 5. The number of hydrogen-bond donors (Lipinski definition) is 2. The Bertz CT molecular complexity index is 688. The summed E-state index contributed by atoms with van der Waals surface area (Å²) in [6.45, 7) is 3.39. The van der Waals surface area contributed by atoms with Crippen LogP contribution in [0.1, 0.15) is 17.3 Å². The van der Waals surface area contributed by atoms with E-state index >= 15 is 0 Å². The summed E-state index contributed by atoms with van der Waals surface area (Å²) in [6.07, 6.45) is 0. The van der Waals surface area contributed by atoms with E-state index in [0.29, 0.717) is 48.3 Å². The number of benzene rings is 2. The Morgan fingerprint density at radius 1 is 1.12 bits per heavy atom. The summed E-state index contributed by atoms with van der Waals surface area (Å²) >= 11 is 0. The molecular formula is C18H22N2O4. The molecule has 0 spiro atoms. The topological polar surface area (TPSA) is 82.8 Å². The highest BCUT2D eigenvalue weighted by molar-refractivity contribution is 6.07. The van der Waals surface area contributed by atoms with Crippen LogP contribution in [0.25, 0.3) is 0 Å². The molecule has 0 saturated carbocycles. The maximum Gasteiger partial charge on any atom is 0.259 e. The molecule has 0 aromatic heterocycles. The molecule has 0 aliphatic carbocycles. The van der Waals surface area contributed by atoms with Crippen molar-refractivity contribution >= 4 is 17.3 Å². The summed E-state index contributed by atoms with van der Waals surface area (Å²) in [5, 5.41) is 2.81. The molecule has 6 nitrogen and oxygen atoms in total. The van der Waals surface area contributed by atoms with Crippen molar-refractivity contribution in [3.63, 3.8) is 0 Å². The average molecular weight is 330 g/mol. The first-order valence-electron chi connectivity index (χ1n) is 7.70. The van der Waals surface area contributed by atoms with Crippen molar-refractivity contribution in [1.82, 2.24) is 0 Å². The van der Waals surface area contributed by atoms with Gasteiger partial charge in [0, 0.05) is 12.3 Å². The van der Waals surface area contributed by atoms with Gasteiger partial charge in [0.1, 0.15) is 18.1 Å². The molecule has 6 heteroatoms. The quantitative estimate of drug-likeness (QED) is 0.574. The first kappa shape index (κ1) is 17.6. The normalized spacial score (nSPS) is 10.2. The highest BCUT2D eigenvalue weighted by Crippen LogP contribution is 2.28. The van der Waals surface area contributed by atoms with E-state index < -0.39 is 0 Å². The highest BCUT2D eigenvalue weighted by atomic mass is 16.5. The smallest absolute Gasteiger partial charge is 0.259 e. The molecule has 24 heavy (non-hydrogen) atoms. The highest BCUT2D eigenvalue weighted by Gasteiger charge is 2.14. The van der Waals surface area contributed by atoms with Gasteiger partial charge in [0.2, 0.25) is 0 Å². The standard InChI is InChI=1S/C18H22N2O4/c1-3-23-10-11-24-16-7-5-4-6-14(16)18(21)20-15-12-13(19)8-9-17(15)22-2/h4-9,12H,3,10-11,19H2,1-2H3,(H,20,21). The number of carbonyl (C=O) groups is 1. The molecular weight excluding hydrogens is 308 g/mol. The van der Waals surface area contributed by atoms with Crippen LogP contribution >= 0.6 is 0 Å². The summed E-state index contributed by atoms with van der Waals surface area (Å²) in [5.41, 5.74) is 7.25. The summed E-state index contributed by atoms with van der Waals surface area (Å²) in [5.74, 6) is 0.732. The number of rotatable bonds is 8. The first-order chi connectivity index (χ1) is 11.7. The number of para-hydroxylation sites is 1. The van der Waals surface area contributed by atoms with Crippen LogP contribution < -0.4 is 20.5 Å². The van der Waals surface area contributed by atoms with Gasteiger partial charge in [-0.2, -0.15) is 0 Å². The second kappa shape index (κ2) is 8.79. The molecule has 0 fully saturated rings. The predicted molar refractivity (Wildman–Crippen MR) is 93.8 cm³/mol. The number of anilines is 2. The van der Waals surface area contributed by atoms with Crippen molar-refractivity contribution in [3.8, 4) is 11.5 Å². The van der Waals surface area contributed by atoms with Crippen LogP contribution in [0.4, 0.5) is 11.4 Å². The molecule has 2 aromatic rings. The zero-order valence-electron chi connectivity index (χ0n) is 13.9. The molecule has 0 unspecified atom stereocenters. The minimum Gasteiger partial charge on any atom is -0.495 e. The fourth-order valence-corrected chi connectivity index (χ4v) is 2.15. The van der Waals surface area contributed by atoms with E-state index in [4.69, 9.17) is 19.9 Å². The fraction of sp³-hybridized carbons (Fsp3) is 0.278. The number of methoxy groups -OCH3 is 1. The first-order valence-corrected chi connectivity index (χ1v) is 7.70. The third-order valence-corrected chi connectivity index (χ3v) is 3.29. The maximum atomic E-state index is 12.6. The van der Waals surface area contributed by atoms with E-state index in [1.807, 2.05) is 13.0 Å². The zero-order chi connectivity index (χ0) is 17.4. The van der Waals surface area contributed by atoms with Crippen molar-refractivity contribution < 1.29 is 19.0 Å². The Kier molecular flexibility index (Phi) is 6.45. The number of nitrogen functional groups attached to an aromatic ring is 1. The maximum absolute atomic E-state index is 12.6. The van der Waals surface area contributed by atoms with Crippen LogP contribution in [0.15, 0.2) is 42.5 Å². The van der Waals surface area contributed by atoms with Crippen LogP contribution in [-0.2, 0) is 4.74 Å². The number of carbonyl (C=O) groups excluding carboxylic acids is 1. The Morgan fingerprint density at radius 2 is 1.92 bits per heavy atom. The number of nitrogens with two attached hydrogens (primary N) is 1. The van der Waals surface area contributed by atoms with Gasteiger partial charge in [-0.05, 0) is 37.3 Å². The van der Waals surface area contributed by atoms with Gasteiger partial charge in [0.15, 0.2) is 0 Å². The summed E-state index contributed by atoms with van der Waals surface area (Å²) < 4.78 is 16.1. The Balaban J connectivity index is 2.14. The Morgan fingerprint density at radius 3 is 2.67 bits per heavy atom. The van der Waals surface area contributed by atoms with Gasteiger partial charge in [-0.15, -0.1) is 0 Å². The van der Waals surface area contributed by atoms with Gasteiger partial charge in [-0.1, -0.05) is 12.1 Å². The second-order valence-electron chi connectivity index (χ2n) is 4.96. The van der Waals surface area contributed by atoms with E-state index in [1.165, 1.54) is 7.11 Å². The molecule has 0 radical (unpaired) electrons. The van der Waals surface area contributed by atoms with Crippen LogP contribution in [0.3, 0.4) is 0 Å². The minimum absolute atomic E-state index is 0.300. The van der Waals surface area contributed by atoms with Crippen molar-refractivity contribution in [3.05, 3.63) is 48.0 Å². The molecule has 2 aromatic carbocycles. The number of ether oxygens (including phenoxy) is 3. The predicted octanol–water partition coefficient (Wildman–Crippen LogP) is 2.95. The van der Waals surface area contributed by atoms with Gasteiger partial charge in [0.25, 0.3) is 5.91 Å². The van der Waals surface area contributed by atoms with Crippen molar-refractivity contribution in [2.75, 3.05) is 38.0 Å². The van der Waals surface area contributed by atoms with Crippen molar-refractivity contribution in [2.24, 2.45) is 0 Å². The third kappa shape index (κ3) is 4.63. The van der Waals surface area contributed by atoms with Crippen LogP contribution in [-0.4, -0.2) is 32.8 Å². The van der Waals surface area contributed by atoms with Crippen LogP contribution in [0.2, 0.25) is 0 Å². The molecule has 2 rings (SSSR count). The molecule has 0 saturated heterocycles. The zero-order valence-corrected chi connectivity index (χ0v) is 13.9.